The fourth-order valence-corrected chi connectivity index (χ4v) is 2.72. The van der Waals surface area contributed by atoms with Gasteiger partial charge in [0.25, 0.3) is 0 Å². The number of hydrogen-bond donors (Lipinski definition) is 1. The normalized spacial score (nSPS) is 11.7. The maximum absolute atomic E-state index is 12.2. The maximum atomic E-state index is 12.2. The van der Waals surface area contributed by atoms with E-state index in [4.69, 9.17) is 18.6 Å². The number of ether oxygens (including phenoxy) is 3. The molecule has 0 radical (unpaired) electrons. The first kappa shape index (κ1) is 22.6. The highest BCUT2D eigenvalue weighted by Crippen LogP contribution is 2.22. The summed E-state index contributed by atoms with van der Waals surface area (Å²) in [6.45, 7) is 1.48. The van der Waals surface area contributed by atoms with Crippen LogP contribution in [0.15, 0.2) is 65.3 Å². The molecule has 0 saturated carbocycles. The quantitative estimate of drug-likeness (QED) is 0.404. The Morgan fingerprint density at radius 1 is 1.03 bits per heavy atom. The summed E-state index contributed by atoms with van der Waals surface area (Å²) >= 11 is 0. The molecular weight excluding hydrogens is 412 g/mol. The van der Waals surface area contributed by atoms with Crippen molar-refractivity contribution in [2.45, 2.75) is 19.6 Å². The number of amides is 1. The Morgan fingerprint density at radius 2 is 1.66 bits per heavy atom. The monoisotopic (exact) mass is 436 g/mol. The Balaban J connectivity index is 1.47. The van der Waals surface area contributed by atoms with Gasteiger partial charge in [0.15, 0.2) is 0 Å². The molecule has 1 N–H and O–H groups in total. The summed E-state index contributed by atoms with van der Waals surface area (Å²) in [5.41, 5.74) is 2.06. The number of aromatic nitrogens is 1. The fraction of sp³-hybridized carbons (Fsp3) is 0.208. The number of nitrogens with zero attached hydrogens (tertiary/aromatic N) is 1. The van der Waals surface area contributed by atoms with Crippen LogP contribution in [0.25, 0.3) is 17.5 Å². The number of nitrogens with one attached hydrogen (secondary N) is 1. The molecule has 1 aromatic heterocycles. The smallest absolute Gasteiger partial charge is 0.328 e. The zero-order chi connectivity index (χ0) is 22.9. The van der Waals surface area contributed by atoms with Gasteiger partial charge in [0.2, 0.25) is 11.8 Å². The number of carbonyl (C=O) groups is 2. The van der Waals surface area contributed by atoms with Crippen LogP contribution in [0, 0.1) is 0 Å². The van der Waals surface area contributed by atoms with E-state index in [0.29, 0.717) is 11.6 Å². The minimum absolute atomic E-state index is 0.0691. The van der Waals surface area contributed by atoms with Crippen molar-refractivity contribution in [2.24, 2.45) is 0 Å². The molecule has 0 saturated heterocycles. The van der Waals surface area contributed by atoms with Gasteiger partial charge in [-0.15, -0.1) is 0 Å². The second kappa shape index (κ2) is 10.8. The number of oxazole rings is 1. The van der Waals surface area contributed by atoms with Gasteiger partial charge in [0.1, 0.15) is 36.1 Å². The van der Waals surface area contributed by atoms with Gasteiger partial charge in [-0.1, -0.05) is 12.1 Å². The summed E-state index contributed by atoms with van der Waals surface area (Å²) in [6, 6.07) is 13.6. The van der Waals surface area contributed by atoms with Gasteiger partial charge in [0.05, 0.1) is 14.2 Å². The molecule has 8 nitrogen and oxygen atoms in total. The molecule has 8 heteroatoms. The average Bonchev–Trinajstić information content (AvgIpc) is 3.30. The lowest BCUT2D eigenvalue weighted by molar-refractivity contribution is -0.148. The highest BCUT2D eigenvalue weighted by molar-refractivity contribution is 5.94. The van der Waals surface area contributed by atoms with E-state index in [0.717, 1.165) is 22.6 Å². The molecule has 3 rings (SSSR count). The third kappa shape index (κ3) is 6.21. The first-order chi connectivity index (χ1) is 15.5. The molecule has 166 valence electrons. The molecule has 2 aromatic carbocycles. The summed E-state index contributed by atoms with van der Waals surface area (Å²) in [5, 5.41) is 2.57. The number of hydrogen-bond acceptors (Lipinski definition) is 7. The van der Waals surface area contributed by atoms with Crippen molar-refractivity contribution in [3.63, 3.8) is 0 Å². The Morgan fingerprint density at radius 3 is 2.28 bits per heavy atom. The van der Waals surface area contributed by atoms with E-state index in [1.54, 1.807) is 51.5 Å². The van der Waals surface area contributed by atoms with Crippen LogP contribution in [-0.2, 0) is 20.9 Å². The largest absolute Gasteiger partial charge is 0.497 e. The lowest BCUT2D eigenvalue weighted by Gasteiger charge is -2.11. The topological polar surface area (TPSA) is 99.9 Å². The number of rotatable bonds is 9. The van der Waals surface area contributed by atoms with Crippen LogP contribution in [0.1, 0.15) is 18.2 Å². The number of methoxy groups -OCH3 is 2. The van der Waals surface area contributed by atoms with E-state index in [2.05, 4.69) is 10.3 Å². The van der Waals surface area contributed by atoms with E-state index in [-0.39, 0.29) is 6.61 Å². The van der Waals surface area contributed by atoms with Gasteiger partial charge in [-0.2, -0.15) is 0 Å². The van der Waals surface area contributed by atoms with E-state index < -0.39 is 17.9 Å². The lowest BCUT2D eigenvalue weighted by atomic mass is 10.2. The molecule has 0 aliphatic heterocycles. The third-order valence-electron chi connectivity index (χ3n) is 4.51. The summed E-state index contributed by atoms with van der Waals surface area (Å²) in [5.74, 6) is 0.873. The molecule has 0 unspecified atom stereocenters. The van der Waals surface area contributed by atoms with Crippen molar-refractivity contribution in [1.82, 2.24) is 10.3 Å². The van der Waals surface area contributed by atoms with Crippen molar-refractivity contribution in [1.29, 1.82) is 0 Å². The molecule has 0 fully saturated rings. The van der Waals surface area contributed by atoms with Crippen molar-refractivity contribution in [2.75, 3.05) is 14.2 Å². The van der Waals surface area contributed by atoms with Gasteiger partial charge >= 0.3 is 5.97 Å². The summed E-state index contributed by atoms with van der Waals surface area (Å²) in [7, 11) is 3.18. The van der Waals surface area contributed by atoms with Crippen LogP contribution in [0.5, 0.6) is 11.5 Å². The van der Waals surface area contributed by atoms with Crippen molar-refractivity contribution in [3.8, 4) is 23.0 Å². The standard InChI is InChI=1S/C24H24N2O6/c1-16(25-22(27)13-6-17-4-9-20(29-2)10-5-17)24(28)32-15-19-14-31-23(26-19)18-7-11-21(30-3)12-8-18/h4-14,16H,15H2,1-3H3,(H,25,27)/b13-6+/t16-/m0/s1. The molecule has 1 heterocycles. The highest BCUT2D eigenvalue weighted by atomic mass is 16.5. The molecule has 3 aromatic rings. The SMILES string of the molecule is COc1ccc(/C=C/C(=O)N[C@@H](C)C(=O)OCc2coc(-c3ccc(OC)cc3)n2)cc1. The van der Waals surface area contributed by atoms with Crippen LogP contribution < -0.4 is 14.8 Å². The van der Waals surface area contributed by atoms with Crippen molar-refractivity contribution >= 4 is 18.0 Å². The third-order valence-corrected chi connectivity index (χ3v) is 4.51. The second-order valence-corrected chi connectivity index (χ2v) is 6.82. The molecule has 0 aliphatic carbocycles. The Kier molecular flexibility index (Phi) is 7.64. The molecule has 0 bridgehead atoms. The Labute approximate surface area is 185 Å². The predicted octanol–water partition coefficient (Wildman–Crippen LogP) is 3.62. The zero-order valence-electron chi connectivity index (χ0n) is 18.0. The predicted molar refractivity (Wildman–Crippen MR) is 118 cm³/mol. The average molecular weight is 436 g/mol. The maximum Gasteiger partial charge on any atom is 0.328 e. The van der Waals surface area contributed by atoms with Gasteiger partial charge in [-0.25, -0.2) is 9.78 Å². The van der Waals surface area contributed by atoms with Crippen molar-refractivity contribution in [3.05, 3.63) is 72.1 Å². The number of carbonyl (C=O) groups excluding carboxylic acids is 2. The second-order valence-electron chi connectivity index (χ2n) is 6.82. The molecule has 1 amide bonds. The van der Waals surface area contributed by atoms with E-state index in [1.807, 2.05) is 24.3 Å². The number of esters is 1. The summed E-state index contributed by atoms with van der Waals surface area (Å²) in [6.07, 6.45) is 4.42. The van der Waals surface area contributed by atoms with Crippen LogP contribution in [-0.4, -0.2) is 37.1 Å². The molecule has 1 atom stereocenters. The zero-order valence-corrected chi connectivity index (χ0v) is 18.0. The minimum atomic E-state index is -0.823. The van der Waals surface area contributed by atoms with Gasteiger partial charge < -0.3 is 23.9 Å². The van der Waals surface area contributed by atoms with E-state index >= 15 is 0 Å². The minimum Gasteiger partial charge on any atom is -0.497 e. The van der Waals surface area contributed by atoms with Gasteiger partial charge in [-0.05, 0) is 55.0 Å². The Bertz CT molecular complexity index is 1070. The van der Waals surface area contributed by atoms with E-state index in [9.17, 15) is 9.59 Å². The molecule has 32 heavy (non-hydrogen) atoms. The molecule has 0 aliphatic rings. The fourth-order valence-electron chi connectivity index (χ4n) is 2.72. The molecular formula is C24H24N2O6. The van der Waals surface area contributed by atoms with Crippen LogP contribution >= 0.6 is 0 Å². The van der Waals surface area contributed by atoms with Crippen LogP contribution in [0.3, 0.4) is 0 Å². The lowest BCUT2D eigenvalue weighted by Crippen LogP contribution is -2.38. The summed E-state index contributed by atoms with van der Waals surface area (Å²) in [4.78, 5) is 28.6. The van der Waals surface area contributed by atoms with Crippen LogP contribution in [0.2, 0.25) is 0 Å². The van der Waals surface area contributed by atoms with Gasteiger partial charge in [-0.3, -0.25) is 4.79 Å². The Hall–Kier alpha value is -4.07. The van der Waals surface area contributed by atoms with Gasteiger partial charge in [0, 0.05) is 11.6 Å². The number of benzene rings is 2. The highest BCUT2D eigenvalue weighted by Gasteiger charge is 2.17. The van der Waals surface area contributed by atoms with E-state index in [1.165, 1.54) is 12.3 Å². The first-order valence-electron chi connectivity index (χ1n) is 9.86. The summed E-state index contributed by atoms with van der Waals surface area (Å²) < 4.78 is 20.9. The van der Waals surface area contributed by atoms with Crippen molar-refractivity contribution < 1.29 is 28.2 Å². The molecule has 0 spiro atoms. The first-order valence-corrected chi connectivity index (χ1v) is 9.86. The van der Waals surface area contributed by atoms with Crippen LogP contribution in [0.4, 0.5) is 0 Å².